The van der Waals surface area contributed by atoms with Crippen LogP contribution in [0.3, 0.4) is 0 Å². The predicted octanol–water partition coefficient (Wildman–Crippen LogP) is 6.19. The lowest BCUT2D eigenvalue weighted by Crippen LogP contribution is -2.41. The van der Waals surface area contributed by atoms with Crippen molar-refractivity contribution >= 4 is 12.0 Å². The Morgan fingerprint density at radius 2 is 1.71 bits per heavy atom. The maximum atomic E-state index is 13.1. The maximum Gasteiger partial charge on any atom is 0.269 e. The van der Waals surface area contributed by atoms with Crippen LogP contribution < -0.4 is 5.32 Å². The monoisotopic (exact) mass is 510 g/mol. The Labute approximate surface area is 227 Å². The first-order valence-electron chi connectivity index (χ1n) is 14.3. The van der Waals surface area contributed by atoms with Gasteiger partial charge in [0.2, 0.25) is 0 Å². The second-order valence-corrected chi connectivity index (χ2v) is 12.0. The molecule has 0 saturated carbocycles. The van der Waals surface area contributed by atoms with Gasteiger partial charge in [-0.2, -0.15) is 5.10 Å². The average Bonchev–Trinajstić information content (AvgIpc) is 3.50. The number of nitrogens with one attached hydrogen (secondary N) is 1. The lowest BCUT2D eigenvalue weighted by atomic mass is 9.74. The highest BCUT2D eigenvalue weighted by atomic mass is 16.2. The number of aromatic nitrogens is 2. The number of unbranched alkanes of at least 4 members (excludes halogenated alkanes) is 2. The number of carbonyl (C=O) groups is 1. The summed E-state index contributed by atoms with van der Waals surface area (Å²) in [7, 11) is 0. The van der Waals surface area contributed by atoms with Gasteiger partial charge >= 0.3 is 0 Å². The molecule has 0 unspecified atom stereocenters. The summed E-state index contributed by atoms with van der Waals surface area (Å²) in [6.07, 6.45) is 10.5. The number of amides is 1. The summed E-state index contributed by atoms with van der Waals surface area (Å²) < 4.78 is 1.85. The van der Waals surface area contributed by atoms with E-state index in [-0.39, 0.29) is 16.7 Å². The number of benzene rings is 2. The molecule has 38 heavy (non-hydrogen) atoms. The molecule has 0 atom stereocenters. The van der Waals surface area contributed by atoms with E-state index >= 15 is 0 Å². The highest BCUT2D eigenvalue weighted by Gasteiger charge is 2.37. The van der Waals surface area contributed by atoms with Crippen LogP contribution in [0.1, 0.15) is 85.7 Å². The minimum atomic E-state index is -0.109. The number of rotatable bonds is 9. The maximum absolute atomic E-state index is 13.1. The molecule has 1 fully saturated rings. The first-order chi connectivity index (χ1) is 18.3. The van der Waals surface area contributed by atoms with Crippen LogP contribution in [0.4, 0.5) is 0 Å². The van der Waals surface area contributed by atoms with Crippen molar-refractivity contribution in [1.29, 1.82) is 0 Å². The largest absolute Gasteiger partial charge is 0.351 e. The topological polar surface area (TPSA) is 50.2 Å². The van der Waals surface area contributed by atoms with E-state index in [1.165, 1.54) is 30.4 Å². The standard InChI is InChI=1S/C33H42N4O/c1-32(2,3)30-24-29(37(35-30)25-26-12-6-4-7-13-26)31(38)34-20-10-5-11-21-36-22-18-33(19-23-36)17-16-27-14-8-9-15-28(27)33/h4,6-9,12-17,24H,5,10-11,18-23,25H2,1-3H3,(H,34,38). The second-order valence-electron chi connectivity index (χ2n) is 12.0. The fourth-order valence-corrected chi connectivity index (χ4v) is 5.82. The Morgan fingerprint density at radius 1 is 0.974 bits per heavy atom. The molecule has 1 aliphatic carbocycles. The van der Waals surface area contributed by atoms with E-state index < -0.39 is 0 Å². The first-order valence-corrected chi connectivity index (χ1v) is 14.3. The molecule has 3 aromatic rings. The number of carbonyl (C=O) groups excluding carboxylic acids is 1. The van der Waals surface area contributed by atoms with Gasteiger partial charge in [0.25, 0.3) is 5.91 Å². The van der Waals surface area contributed by atoms with Crippen molar-refractivity contribution in [3.8, 4) is 0 Å². The van der Waals surface area contributed by atoms with Crippen molar-refractivity contribution in [2.45, 2.75) is 70.3 Å². The van der Waals surface area contributed by atoms with Crippen LogP contribution in [0.25, 0.3) is 6.08 Å². The Kier molecular flexibility index (Phi) is 7.85. The van der Waals surface area contributed by atoms with Gasteiger partial charge in [-0.1, -0.05) is 93.9 Å². The molecule has 5 heteroatoms. The van der Waals surface area contributed by atoms with Crippen molar-refractivity contribution in [3.63, 3.8) is 0 Å². The highest BCUT2D eigenvalue weighted by Crippen LogP contribution is 2.43. The third kappa shape index (κ3) is 5.94. The summed E-state index contributed by atoms with van der Waals surface area (Å²) in [5.41, 5.74) is 5.81. The van der Waals surface area contributed by atoms with E-state index in [9.17, 15) is 4.79 Å². The Bertz CT molecular complexity index is 1260. The molecule has 1 aromatic heterocycles. The molecule has 2 heterocycles. The van der Waals surface area contributed by atoms with Crippen molar-refractivity contribution in [3.05, 3.63) is 94.8 Å². The van der Waals surface area contributed by atoms with Gasteiger partial charge in [-0.05, 0) is 68.1 Å². The Morgan fingerprint density at radius 3 is 2.47 bits per heavy atom. The van der Waals surface area contributed by atoms with Crippen LogP contribution in [-0.2, 0) is 17.4 Å². The van der Waals surface area contributed by atoms with Crippen LogP contribution >= 0.6 is 0 Å². The van der Waals surface area contributed by atoms with Crippen LogP contribution in [0, 0.1) is 0 Å². The number of hydrogen-bond acceptors (Lipinski definition) is 3. The molecular formula is C33H42N4O. The number of fused-ring (bicyclic) bond motifs is 2. The predicted molar refractivity (Wildman–Crippen MR) is 155 cm³/mol. The summed E-state index contributed by atoms with van der Waals surface area (Å²) in [5, 5.41) is 7.94. The van der Waals surface area contributed by atoms with Crippen molar-refractivity contribution in [2.75, 3.05) is 26.2 Å². The lowest BCUT2D eigenvalue weighted by Gasteiger charge is -2.39. The molecule has 0 radical (unpaired) electrons. The summed E-state index contributed by atoms with van der Waals surface area (Å²) in [6.45, 7) is 11.2. The molecule has 0 bridgehead atoms. The minimum absolute atomic E-state index is 0.0323. The third-order valence-corrected chi connectivity index (χ3v) is 8.22. The fourth-order valence-electron chi connectivity index (χ4n) is 5.82. The fraction of sp³-hybridized carbons (Fsp3) is 0.455. The van der Waals surface area contributed by atoms with Gasteiger partial charge in [0.1, 0.15) is 5.69 Å². The first kappa shape index (κ1) is 26.4. The summed E-state index contributed by atoms with van der Waals surface area (Å²) in [6, 6.07) is 21.0. The number of piperidine rings is 1. The van der Waals surface area contributed by atoms with Crippen molar-refractivity contribution < 1.29 is 4.79 Å². The zero-order chi connectivity index (χ0) is 26.6. The molecular weight excluding hydrogens is 468 g/mol. The second kappa shape index (κ2) is 11.3. The summed E-state index contributed by atoms with van der Waals surface area (Å²) >= 11 is 0. The quantitative estimate of drug-likeness (QED) is 0.349. The molecule has 1 saturated heterocycles. The third-order valence-electron chi connectivity index (χ3n) is 8.22. The van der Waals surface area contributed by atoms with E-state index in [4.69, 9.17) is 5.10 Å². The lowest BCUT2D eigenvalue weighted by molar-refractivity contribution is 0.0942. The normalized spacial score (nSPS) is 16.6. The van der Waals surface area contributed by atoms with Gasteiger partial charge in [-0.3, -0.25) is 9.48 Å². The van der Waals surface area contributed by atoms with E-state index in [0.717, 1.165) is 43.7 Å². The van der Waals surface area contributed by atoms with Crippen LogP contribution in [-0.4, -0.2) is 46.8 Å². The number of likely N-dealkylation sites (tertiary alicyclic amines) is 1. The van der Waals surface area contributed by atoms with Gasteiger partial charge in [0.15, 0.2) is 0 Å². The van der Waals surface area contributed by atoms with Crippen molar-refractivity contribution in [1.82, 2.24) is 20.0 Å². The Balaban J connectivity index is 1.06. The van der Waals surface area contributed by atoms with E-state index in [1.807, 2.05) is 28.9 Å². The van der Waals surface area contributed by atoms with Gasteiger partial charge in [0, 0.05) is 17.4 Å². The van der Waals surface area contributed by atoms with E-state index in [0.29, 0.717) is 18.8 Å². The number of allylic oxidation sites excluding steroid dienone is 1. The van der Waals surface area contributed by atoms with Crippen LogP contribution in [0.15, 0.2) is 66.7 Å². The summed E-state index contributed by atoms with van der Waals surface area (Å²) in [5.74, 6) is -0.0323. The van der Waals surface area contributed by atoms with Gasteiger partial charge < -0.3 is 10.2 Å². The molecule has 1 N–H and O–H groups in total. The van der Waals surface area contributed by atoms with Crippen molar-refractivity contribution in [2.24, 2.45) is 0 Å². The minimum Gasteiger partial charge on any atom is -0.351 e. The van der Waals surface area contributed by atoms with E-state index in [2.05, 4.69) is 79.5 Å². The van der Waals surface area contributed by atoms with E-state index in [1.54, 1.807) is 0 Å². The summed E-state index contributed by atoms with van der Waals surface area (Å²) in [4.78, 5) is 15.7. The SMILES string of the molecule is CC(C)(C)c1cc(C(=O)NCCCCCN2CCC3(C=Cc4ccccc43)CC2)n(Cc2ccccc2)n1. The molecule has 200 valence electrons. The molecule has 2 aliphatic rings. The molecule has 1 spiro atoms. The zero-order valence-corrected chi connectivity index (χ0v) is 23.2. The molecule has 1 aliphatic heterocycles. The number of nitrogens with zero attached hydrogens (tertiary/aromatic N) is 3. The smallest absolute Gasteiger partial charge is 0.269 e. The molecule has 5 rings (SSSR count). The highest BCUT2D eigenvalue weighted by molar-refractivity contribution is 5.92. The van der Waals surface area contributed by atoms with Gasteiger partial charge in [-0.15, -0.1) is 0 Å². The zero-order valence-electron chi connectivity index (χ0n) is 23.2. The Hall–Kier alpha value is -3.18. The van der Waals surface area contributed by atoms with Crippen LogP contribution in [0.5, 0.6) is 0 Å². The van der Waals surface area contributed by atoms with Gasteiger partial charge in [0.05, 0.1) is 12.2 Å². The van der Waals surface area contributed by atoms with Crippen LogP contribution in [0.2, 0.25) is 0 Å². The molecule has 5 nitrogen and oxygen atoms in total. The molecule has 2 aromatic carbocycles. The number of hydrogen-bond donors (Lipinski definition) is 1. The van der Waals surface area contributed by atoms with Gasteiger partial charge in [-0.25, -0.2) is 0 Å². The average molecular weight is 511 g/mol. The molecule has 1 amide bonds.